The van der Waals surface area contributed by atoms with Crippen LogP contribution in [0.4, 0.5) is 5.69 Å². The number of amides is 2. The van der Waals surface area contributed by atoms with Gasteiger partial charge in [0.15, 0.2) is 0 Å². The summed E-state index contributed by atoms with van der Waals surface area (Å²) in [5, 5.41) is 5.19. The molecule has 0 aliphatic carbocycles. The van der Waals surface area contributed by atoms with Gasteiger partial charge in [0, 0.05) is 25.7 Å². The zero-order chi connectivity index (χ0) is 21.4. The number of carbonyl (C=O) groups excluding carboxylic acids is 2. The van der Waals surface area contributed by atoms with Gasteiger partial charge in [-0.1, -0.05) is 44.2 Å². The first-order valence-electron chi connectivity index (χ1n) is 9.23. The lowest BCUT2D eigenvalue weighted by molar-refractivity contribution is -0.120. The molecule has 2 aromatic carbocycles. The Morgan fingerprint density at radius 2 is 1.55 bits per heavy atom. The molecule has 2 rings (SSSR count). The van der Waals surface area contributed by atoms with Crippen molar-refractivity contribution < 1.29 is 18.0 Å². The van der Waals surface area contributed by atoms with E-state index in [4.69, 9.17) is 0 Å². The lowest BCUT2D eigenvalue weighted by Crippen LogP contribution is -2.30. The van der Waals surface area contributed by atoms with Gasteiger partial charge in [-0.15, -0.1) is 0 Å². The minimum absolute atomic E-state index is 0.0866. The molecule has 8 heteroatoms. The predicted octanol–water partition coefficient (Wildman–Crippen LogP) is 2.83. The number of benzene rings is 2. The summed E-state index contributed by atoms with van der Waals surface area (Å²) in [5.74, 6) is -0.883. The fourth-order valence-electron chi connectivity index (χ4n) is 2.69. The van der Waals surface area contributed by atoms with Crippen molar-refractivity contribution in [2.75, 3.05) is 18.4 Å². The second-order valence-corrected chi connectivity index (χ2v) is 8.16. The summed E-state index contributed by atoms with van der Waals surface area (Å²) < 4.78 is 26.4. The van der Waals surface area contributed by atoms with Gasteiger partial charge in [-0.2, -0.15) is 4.31 Å². The van der Waals surface area contributed by atoms with Gasteiger partial charge in [0.05, 0.1) is 4.90 Å². The summed E-state index contributed by atoms with van der Waals surface area (Å²) in [4.78, 5) is 24.2. The van der Waals surface area contributed by atoms with Crippen LogP contribution in [0, 0.1) is 0 Å². The van der Waals surface area contributed by atoms with Gasteiger partial charge in [0.2, 0.25) is 15.9 Å². The van der Waals surface area contributed by atoms with E-state index >= 15 is 0 Å². The monoisotopic (exact) mass is 415 g/mol. The van der Waals surface area contributed by atoms with Crippen LogP contribution in [0.1, 0.15) is 26.3 Å². The van der Waals surface area contributed by atoms with Crippen LogP contribution in [0.5, 0.6) is 0 Å². The van der Waals surface area contributed by atoms with E-state index in [0.29, 0.717) is 18.8 Å². The Balaban J connectivity index is 2.22. The fourth-order valence-corrected chi connectivity index (χ4v) is 4.14. The standard InChI is InChI=1S/C21H25N3O4S/c1-4-24(5-2)29(27,28)19-13-11-18(12-14-19)23-21(26)20(22-16(3)25)15-17-9-7-6-8-10-17/h6-15H,4-5H2,1-3H3,(H,22,25)(H,23,26)/b20-15-. The Morgan fingerprint density at radius 1 is 0.966 bits per heavy atom. The molecule has 29 heavy (non-hydrogen) atoms. The van der Waals surface area contributed by atoms with E-state index in [0.717, 1.165) is 5.56 Å². The van der Waals surface area contributed by atoms with Crippen molar-refractivity contribution in [3.63, 3.8) is 0 Å². The minimum Gasteiger partial charge on any atom is -0.322 e. The first-order valence-corrected chi connectivity index (χ1v) is 10.7. The zero-order valence-corrected chi connectivity index (χ0v) is 17.5. The Labute approximate surface area is 171 Å². The molecular formula is C21H25N3O4S. The number of rotatable bonds is 8. The molecular weight excluding hydrogens is 390 g/mol. The average molecular weight is 416 g/mol. The maximum absolute atomic E-state index is 12.6. The Kier molecular flexibility index (Phi) is 7.69. The maximum atomic E-state index is 12.6. The van der Waals surface area contributed by atoms with Crippen LogP contribution in [0.15, 0.2) is 65.2 Å². The van der Waals surface area contributed by atoms with Gasteiger partial charge in [-0.3, -0.25) is 9.59 Å². The number of nitrogens with zero attached hydrogens (tertiary/aromatic N) is 1. The molecule has 0 aliphatic heterocycles. The van der Waals surface area contributed by atoms with Crippen LogP contribution in [-0.4, -0.2) is 37.6 Å². The van der Waals surface area contributed by atoms with E-state index in [1.54, 1.807) is 19.9 Å². The fraction of sp³-hybridized carbons (Fsp3) is 0.238. The van der Waals surface area contributed by atoms with Crippen molar-refractivity contribution in [3.05, 3.63) is 65.9 Å². The predicted molar refractivity (Wildman–Crippen MR) is 113 cm³/mol. The molecule has 7 nitrogen and oxygen atoms in total. The smallest absolute Gasteiger partial charge is 0.272 e. The van der Waals surface area contributed by atoms with Crippen molar-refractivity contribution in [2.24, 2.45) is 0 Å². The molecule has 2 amide bonds. The number of nitrogens with one attached hydrogen (secondary N) is 2. The average Bonchev–Trinajstić information content (AvgIpc) is 2.69. The second kappa shape index (κ2) is 9.99. The van der Waals surface area contributed by atoms with Gasteiger partial charge in [-0.25, -0.2) is 8.42 Å². The molecule has 0 radical (unpaired) electrons. The second-order valence-electron chi connectivity index (χ2n) is 6.22. The van der Waals surface area contributed by atoms with Crippen LogP contribution in [0.25, 0.3) is 6.08 Å². The molecule has 0 saturated heterocycles. The molecule has 0 unspecified atom stereocenters. The van der Waals surface area contributed by atoms with Crippen molar-refractivity contribution in [1.29, 1.82) is 0 Å². The number of hydrogen-bond donors (Lipinski definition) is 2. The molecule has 0 fully saturated rings. The van der Waals surface area contributed by atoms with Gasteiger partial charge in [0.25, 0.3) is 5.91 Å². The quantitative estimate of drug-likeness (QED) is 0.648. The van der Waals surface area contributed by atoms with Gasteiger partial charge in [-0.05, 0) is 35.9 Å². The summed E-state index contributed by atoms with van der Waals surface area (Å²) >= 11 is 0. The van der Waals surface area contributed by atoms with Gasteiger partial charge >= 0.3 is 0 Å². The first kappa shape index (κ1) is 22.3. The van der Waals surface area contributed by atoms with E-state index in [9.17, 15) is 18.0 Å². The Hall–Kier alpha value is -2.97. The molecule has 0 bridgehead atoms. The Bertz CT molecular complexity index is 980. The third kappa shape index (κ3) is 6.00. The molecule has 0 aliphatic rings. The lowest BCUT2D eigenvalue weighted by atomic mass is 10.2. The van der Waals surface area contributed by atoms with Gasteiger partial charge in [0.1, 0.15) is 5.70 Å². The number of hydrogen-bond acceptors (Lipinski definition) is 4. The first-order chi connectivity index (χ1) is 13.8. The molecule has 2 aromatic rings. The summed E-state index contributed by atoms with van der Waals surface area (Å²) in [6.07, 6.45) is 1.57. The molecule has 2 N–H and O–H groups in total. The maximum Gasteiger partial charge on any atom is 0.272 e. The SMILES string of the molecule is CCN(CC)S(=O)(=O)c1ccc(NC(=O)/C(=C/c2ccccc2)NC(C)=O)cc1. The number of anilines is 1. The van der Waals surface area contributed by atoms with E-state index in [2.05, 4.69) is 10.6 Å². The van der Waals surface area contributed by atoms with Crippen LogP contribution in [0.3, 0.4) is 0 Å². The molecule has 154 valence electrons. The topological polar surface area (TPSA) is 95.6 Å². The summed E-state index contributed by atoms with van der Waals surface area (Å²) in [5.41, 5.74) is 1.26. The largest absolute Gasteiger partial charge is 0.322 e. The third-order valence-electron chi connectivity index (χ3n) is 4.12. The summed E-state index contributed by atoms with van der Waals surface area (Å²) in [7, 11) is -3.57. The van der Waals surface area contributed by atoms with Crippen LogP contribution in [-0.2, 0) is 19.6 Å². The van der Waals surface area contributed by atoms with Crippen molar-refractivity contribution in [3.8, 4) is 0 Å². The van der Waals surface area contributed by atoms with Crippen molar-refractivity contribution in [2.45, 2.75) is 25.7 Å². The highest BCUT2D eigenvalue weighted by Gasteiger charge is 2.21. The zero-order valence-electron chi connectivity index (χ0n) is 16.7. The summed E-state index contributed by atoms with van der Waals surface area (Å²) in [6, 6.07) is 15.0. The van der Waals surface area contributed by atoms with E-state index < -0.39 is 15.9 Å². The molecule has 0 spiro atoms. The molecule has 0 saturated carbocycles. The number of sulfonamides is 1. The van der Waals surface area contributed by atoms with Crippen LogP contribution in [0.2, 0.25) is 0 Å². The summed E-state index contributed by atoms with van der Waals surface area (Å²) in [6.45, 7) is 5.62. The molecule has 0 heterocycles. The van der Waals surface area contributed by atoms with E-state index in [1.165, 1.54) is 35.5 Å². The Morgan fingerprint density at radius 3 is 2.07 bits per heavy atom. The molecule has 0 aromatic heterocycles. The third-order valence-corrected chi connectivity index (χ3v) is 6.19. The van der Waals surface area contributed by atoms with Crippen LogP contribution < -0.4 is 10.6 Å². The van der Waals surface area contributed by atoms with E-state index in [-0.39, 0.29) is 16.5 Å². The van der Waals surface area contributed by atoms with Crippen LogP contribution >= 0.6 is 0 Å². The van der Waals surface area contributed by atoms with Crippen molar-refractivity contribution >= 4 is 33.6 Å². The highest BCUT2D eigenvalue weighted by atomic mass is 32.2. The lowest BCUT2D eigenvalue weighted by Gasteiger charge is -2.18. The van der Waals surface area contributed by atoms with Crippen molar-refractivity contribution in [1.82, 2.24) is 9.62 Å². The normalized spacial score (nSPS) is 11.9. The molecule has 0 atom stereocenters. The minimum atomic E-state index is -3.57. The number of carbonyl (C=O) groups is 2. The highest BCUT2D eigenvalue weighted by Crippen LogP contribution is 2.19. The highest BCUT2D eigenvalue weighted by molar-refractivity contribution is 7.89. The van der Waals surface area contributed by atoms with Gasteiger partial charge < -0.3 is 10.6 Å². The van der Waals surface area contributed by atoms with E-state index in [1.807, 2.05) is 30.3 Å².